The fourth-order valence-corrected chi connectivity index (χ4v) is 2.85. The summed E-state index contributed by atoms with van der Waals surface area (Å²) in [6.45, 7) is 0. The number of carboxylic acids is 4. The van der Waals surface area contributed by atoms with Crippen molar-refractivity contribution in [2.24, 2.45) is 0 Å². The Kier molecular flexibility index (Phi) is 6.06. The van der Waals surface area contributed by atoms with Crippen LogP contribution in [0.4, 0.5) is 0 Å². The molecular formula is C22H14O10. The Morgan fingerprint density at radius 3 is 1.53 bits per heavy atom. The zero-order valence-corrected chi connectivity index (χ0v) is 16.0. The first-order valence-electron chi connectivity index (χ1n) is 8.83. The molecule has 0 aliphatic rings. The van der Waals surface area contributed by atoms with Crippen molar-refractivity contribution in [1.82, 2.24) is 0 Å². The van der Waals surface area contributed by atoms with E-state index in [4.69, 9.17) is 25.1 Å². The monoisotopic (exact) mass is 438 g/mol. The van der Waals surface area contributed by atoms with Crippen LogP contribution in [0.2, 0.25) is 0 Å². The molecule has 0 heterocycles. The van der Waals surface area contributed by atoms with Crippen LogP contribution < -0.4 is 9.78 Å². The van der Waals surface area contributed by atoms with E-state index < -0.39 is 35.0 Å². The number of carbonyl (C=O) groups is 4. The number of aromatic carboxylic acids is 4. The molecule has 10 nitrogen and oxygen atoms in total. The molecule has 0 atom stereocenters. The Labute approximate surface area is 179 Å². The van der Waals surface area contributed by atoms with Crippen molar-refractivity contribution in [3.8, 4) is 22.6 Å². The molecule has 0 unspecified atom stereocenters. The van der Waals surface area contributed by atoms with E-state index in [0.29, 0.717) is 11.1 Å². The summed E-state index contributed by atoms with van der Waals surface area (Å²) in [5.41, 5.74) is -0.707. The summed E-state index contributed by atoms with van der Waals surface area (Å²) in [6, 6.07) is 13.4. The van der Waals surface area contributed by atoms with E-state index in [2.05, 4.69) is 0 Å². The maximum Gasteiger partial charge on any atom is 0.336 e. The van der Waals surface area contributed by atoms with E-state index in [9.17, 15) is 24.3 Å². The average molecular weight is 438 g/mol. The van der Waals surface area contributed by atoms with Gasteiger partial charge in [0.1, 0.15) is 0 Å². The summed E-state index contributed by atoms with van der Waals surface area (Å²) in [5.74, 6) is -5.50. The molecule has 162 valence electrons. The van der Waals surface area contributed by atoms with Gasteiger partial charge in [0.05, 0.1) is 22.3 Å². The first-order chi connectivity index (χ1) is 15.2. The number of hydrogen-bond donors (Lipinski definition) is 4. The summed E-state index contributed by atoms with van der Waals surface area (Å²) < 4.78 is 0. The molecule has 3 aromatic rings. The lowest BCUT2D eigenvalue weighted by Gasteiger charge is -2.10. The van der Waals surface area contributed by atoms with Crippen LogP contribution in [0.15, 0.2) is 60.7 Å². The predicted octanol–water partition coefficient (Wildman–Crippen LogP) is 3.52. The van der Waals surface area contributed by atoms with Gasteiger partial charge in [-0.25, -0.2) is 19.2 Å². The van der Waals surface area contributed by atoms with E-state index in [1.165, 1.54) is 36.4 Å². The normalized spacial score (nSPS) is 10.2. The predicted molar refractivity (Wildman–Crippen MR) is 107 cm³/mol. The molecule has 0 saturated heterocycles. The molecule has 0 amide bonds. The van der Waals surface area contributed by atoms with Gasteiger partial charge >= 0.3 is 23.9 Å². The minimum Gasteiger partial charge on any atom is -0.478 e. The lowest BCUT2D eigenvalue weighted by atomic mass is 9.99. The van der Waals surface area contributed by atoms with E-state index in [0.717, 1.165) is 12.1 Å². The molecule has 3 aromatic carbocycles. The van der Waals surface area contributed by atoms with E-state index >= 15 is 0 Å². The minimum atomic E-state index is -1.45. The van der Waals surface area contributed by atoms with Crippen LogP contribution in [0.25, 0.3) is 11.1 Å². The lowest BCUT2D eigenvalue weighted by Crippen LogP contribution is -2.09. The summed E-state index contributed by atoms with van der Waals surface area (Å²) in [5, 5.41) is 36.6. The van der Waals surface area contributed by atoms with Gasteiger partial charge in [0, 0.05) is 6.07 Å². The maximum absolute atomic E-state index is 11.4. The van der Waals surface area contributed by atoms with Gasteiger partial charge in [-0.15, -0.1) is 0 Å². The molecule has 4 N–H and O–H groups in total. The summed E-state index contributed by atoms with van der Waals surface area (Å²) >= 11 is 0. The Balaban J connectivity index is 1.85. The number of hydrogen-bond acceptors (Lipinski definition) is 6. The van der Waals surface area contributed by atoms with Gasteiger partial charge in [0.15, 0.2) is 11.5 Å². The van der Waals surface area contributed by atoms with E-state index in [1.807, 2.05) is 0 Å². The molecule has 0 fully saturated rings. The highest BCUT2D eigenvalue weighted by atomic mass is 17.2. The van der Waals surface area contributed by atoms with Crippen molar-refractivity contribution in [2.45, 2.75) is 0 Å². The summed E-state index contributed by atoms with van der Waals surface area (Å²) in [4.78, 5) is 55.2. The fraction of sp³-hybridized carbons (Fsp3) is 0. The van der Waals surface area contributed by atoms with Crippen molar-refractivity contribution < 1.29 is 49.4 Å². The number of benzene rings is 3. The van der Waals surface area contributed by atoms with Gasteiger partial charge in [-0.2, -0.15) is 0 Å². The van der Waals surface area contributed by atoms with E-state index in [1.54, 1.807) is 12.1 Å². The van der Waals surface area contributed by atoms with Crippen molar-refractivity contribution in [3.05, 3.63) is 82.9 Å². The average Bonchev–Trinajstić information content (AvgIpc) is 2.77. The Hall–Kier alpha value is -4.86. The Morgan fingerprint density at radius 2 is 0.969 bits per heavy atom. The zero-order chi connectivity index (χ0) is 23.4. The highest BCUT2D eigenvalue weighted by Gasteiger charge is 2.18. The second kappa shape index (κ2) is 8.88. The van der Waals surface area contributed by atoms with Crippen LogP contribution in [-0.4, -0.2) is 44.3 Å². The molecular weight excluding hydrogens is 424 g/mol. The molecule has 0 radical (unpaired) electrons. The highest BCUT2D eigenvalue weighted by molar-refractivity contribution is 6.03. The first kappa shape index (κ1) is 21.8. The Bertz CT molecular complexity index is 1250. The topological polar surface area (TPSA) is 168 Å². The van der Waals surface area contributed by atoms with Gasteiger partial charge in [0.2, 0.25) is 0 Å². The van der Waals surface area contributed by atoms with Gasteiger partial charge in [-0.3, -0.25) is 9.78 Å². The van der Waals surface area contributed by atoms with Crippen molar-refractivity contribution in [3.63, 3.8) is 0 Å². The van der Waals surface area contributed by atoms with Crippen LogP contribution in [0.1, 0.15) is 41.4 Å². The standard InChI is InChI=1S/C22H14O10/c23-19(24)15-6-4-12(9-17(15)21(27)28)11-2-1-3-13(8-11)31-32-14-5-7-16(20(25)26)18(10-14)22(29)30/h1-10H,(H,23,24)(H,25,26)(H,27,28)(H,29,30). The van der Waals surface area contributed by atoms with Crippen LogP contribution in [0, 0.1) is 0 Å². The molecule has 0 spiro atoms. The third-order valence-electron chi connectivity index (χ3n) is 4.33. The molecule has 0 saturated carbocycles. The summed E-state index contributed by atoms with van der Waals surface area (Å²) in [7, 11) is 0. The number of rotatable bonds is 8. The smallest absolute Gasteiger partial charge is 0.336 e. The number of carboxylic acid groups (broad SMARTS) is 4. The largest absolute Gasteiger partial charge is 0.478 e. The van der Waals surface area contributed by atoms with Crippen molar-refractivity contribution in [1.29, 1.82) is 0 Å². The minimum absolute atomic E-state index is 0.0585. The lowest BCUT2D eigenvalue weighted by molar-refractivity contribution is -0.0999. The molecule has 0 aliphatic heterocycles. The zero-order valence-electron chi connectivity index (χ0n) is 16.0. The Morgan fingerprint density at radius 1 is 0.500 bits per heavy atom. The quantitative estimate of drug-likeness (QED) is 0.302. The first-order valence-corrected chi connectivity index (χ1v) is 8.83. The van der Waals surface area contributed by atoms with Gasteiger partial charge in [0.25, 0.3) is 0 Å². The highest BCUT2D eigenvalue weighted by Crippen LogP contribution is 2.27. The van der Waals surface area contributed by atoms with Gasteiger partial charge in [-0.1, -0.05) is 18.2 Å². The van der Waals surface area contributed by atoms with Gasteiger partial charge in [-0.05, 0) is 47.5 Å². The third-order valence-corrected chi connectivity index (χ3v) is 4.33. The molecule has 0 aromatic heterocycles. The summed E-state index contributed by atoms with van der Waals surface area (Å²) in [6.07, 6.45) is 0. The van der Waals surface area contributed by atoms with Crippen LogP contribution >= 0.6 is 0 Å². The molecule has 32 heavy (non-hydrogen) atoms. The third kappa shape index (κ3) is 4.65. The molecule has 3 rings (SSSR count). The second-order valence-corrected chi connectivity index (χ2v) is 6.38. The van der Waals surface area contributed by atoms with Crippen molar-refractivity contribution in [2.75, 3.05) is 0 Å². The molecule has 0 bridgehead atoms. The van der Waals surface area contributed by atoms with Crippen LogP contribution in [0.3, 0.4) is 0 Å². The van der Waals surface area contributed by atoms with Crippen LogP contribution in [-0.2, 0) is 0 Å². The maximum atomic E-state index is 11.4. The van der Waals surface area contributed by atoms with E-state index in [-0.39, 0.29) is 22.6 Å². The molecule has 0 aliphatic carbocycles. The second-order valence-electron chi connectivity index (χ2n) is 6.38. The fourth-order valence-electron chi connectivity index (χ4n) is 2.85. The molecule has 10 heteroatoms. The van der Waals surface area contributed by atoms with Gasteiger partial charge < -0.3 is 20.4 Å². The van der Waals surface area contributed by atoms with Crippen LogP contribution in [0.5, 0.6) is 11.5 Å². The van der Waals surface area contributed by atoms with Crippen molar-refractivity contribution >= 4 is 23.9 Å². The SMILES string of the molecule is O=C(O)c1ccc(OOc2cccc(-c3ccc(C(=O)O)c(C(=O)O)c3)c2)cc1C(=O)O.